The first kappa shape index (κ1) is 22.5. The van der Waals surface area contributed by atoms with Gasteiger partial charge in [0, 0.05) is 44.6 Å². The molecule has 8 nitrogen and oxygen atoms in total. The lowest BCUT2D eigenvalue weighted by Gasteiger charge is -2.26. The Balaban J connectivity index is 1.53. The van der Waals surface area contributed by atoms with E-state index in [0.29, 0.717) is 37.3 Å². The van der Waals surface area contributed by atoms with E-state index in [2.05, 4.69) is 5.32 Å². The van der Waals surface area contributed by atoms with Crippen LogP contribution in [0.5, 0.6) is 0 Å². The van der Waals surface area contributed by atoms with E-state index in [-0.39, 0.29) is 29.6 Å². The molecule has 172 valence electrons. The molecule has 2 amide bonds. The molecule has 2 aliphatic heterocycles. The van der Waals surface area contributed by atoms with Gasteiger partial charge in [-0.25, -0.2) is 8.42 Å². The SMILES string of the molecule is CCC(=O)N1c2ccc(S(=O)(=O)N3CCCCC3)cc2C[C@@H]1C(=O)NCCc1ccco1. The predicted octanol–water partition coefficient (Wildman–Crippen LogP) is 2.48. The third-order valence-corrected chi connectivity index (χ3v) is 8.01. The van der Waals surface area contributed by atoms with Crippen LogP contribution in [0.4, 0.5) is 5.69 Å². The van der Waals surface area contributed by atoms with Gasteiger partial charge in [-0.2, -0.15) is 4.31 Å². The van der Waals surface area contributed by atoms with Gasteiger partial charge in [-0.3, -0.25) is 14.5 Å². The van der Waals surface area contributed by atoms with Crippen molar-refractivity contribution in [3.63, 3.8) is 0 Å². The summed E-state index contributed by atoms with van der Waals surface area (Å²) in [5.41, 5.74) is 1.32. The largest absolute Gasteiger partial charge is 0.469 e. The minimum Gasteiger partial charge on any atom is -0.469 e. The predicted molar refractivity (Wildman–Crippen MR) is 120 cm³/mol. The minimum absolute atomic E-state index is 0.165. The average molecular weight is 460 g/mol. The summed E-state index contributed by atoms with van der Waals surface area (Å²) in [5.74, 6) is 0.352. The molecule has 1 fully saturated rings. The van der Waals surface area contributed by atoms with Crippen molar-refractivity contribution in [3.8, 4) is 0 Å². The molecule has 0 aliphatic carbocycles. The number of nitrogens with one attached hydrogen (secondary N) is 1. The summed E-state index contributed by atoms with van der Waals surface area (Å²) >= 11 is 0. The number of nitrogens with zero attached hydrogens (tertiary/aromatic N) is 2. The highest BCUT2D eigenvalue weighted by Crippen LogP contribution is 2.35. The minimum atomic E-state index is -3.58. The fraction of sp³-hybridized carbons (Fsp3) is 0.478. The summed E-state index contributed by atoms with van der Waals surface area (Å²) in [5, 5.41) is 2.88. The van der Waals surface area contributed by atoms with Crippen LogP contribution in [-0.2, 0) is 32.5 Å². The van der Waals surface area contributed by atoms with Crippen LogP contribution in [0, 0.1) is 0 Å². The number of sulfonamides is 1. The van der Waals surface area contributed by atoms with Gasteiger partial charge in [-0.05, 0) is 48.7 Å². The van der Waals surface area contributed by atoms with Gasteiger partial charge in [-0.1, -0.05) is 13.3 Å². The normalized spacial score (nSPS) is 19.0. The highest BCUT2D eigenvalue weighted by molar-refractivity contribution is 7.89. The zero-order chi connectivity index (χ0) is 22.7. The van der Waals surface area contributed by atoms with Crippen LogP contribution >= 0.6 is 0 Å². The van der Waals surface area contributed by atoms with Crippen molar-refractivity contribution in [1.82, 2.24) is 9.62 Å². The fourth-order valence-corrected chi connectivity index (χ4v) is 5.98. The van der Waals surface area contributed by atoms with Gasteiger partial charge in [0.05, 0.1) is 11.2 Å². The first-order chi connectivity index (χ1) is 15.4. The average Bonchev–Trinajstić information content (AvgIpc) is 3.46. The molecular weight excluding hydrogens is 430 g/mol. The molecule has 0 saturated carbocycles. The van der Waals surface area contributed by atoms with Crippen molar-refractivity contribution >= 4 is 27.5 Å². The third-order valence-electron chi connectivity index (χ3n) is 6.11. The van der Waals surface area contributed by atoms with E-state index in [1.165, 1.54) is 9.21 Å². The number of amides is 2. The number of hydrogen-bond donors (Lipinski definition) is 1. The molecule has 4 rings (SSSR count). The summed E-state index contributed by atoms with van der Waals surface area (Å²) in [7, 11) is -3.58. The highest BCUT2D eigenvalue weighted by Gasteiger charge is 2.38. The van der Waals surface area contributed by atoms with Crippen molar-refractivity contribution in [2.75, 3.05) is 24.5 Å². The van der Waals surface area contributed by atoms with Gasteiger partial charge < -0.3 is 9.73 Å². The van der Waals surface area contributed by atoms with Gasteiger partial charge in [-0.15, -0.1) is 0 Å². The molecule has 0 spiro atoms. The summed E-state index contributed by atoms with van der Waals surface area (Å²) in [6.07, 6.45) is 5.45. The van der Waals surface area contributed by atoms with Crippen molar-refractivity contribution < 1.29 is 22.4 Å². The van der Waals surface area contributed by atoms with E-state index >= 15 is 0 Å². The Morgan fingerprint density at radius 3 is 2.62 bits per heavy atom. The van der Waals surface area contributed by atoms with Gasteiger partial charge in [0.15, 0.2) is 0 Å². The van der Waals surface area contributed by atoms with Crippen LogP contribution < -0.4 is 10.2 Å². The fourth-order valence-electron chi connectivity index (χ4n) is 4.41. The molecule has 0 unspecified atom stereocenters. The first-order valence-corrected chi connectivity index (χ1v) is 12.6. The van der Waals surface area contributed by atoms with E-state index < -0.39 is 16.1 Å². The standard InChI is InChI=1S/C23H29N3O5S/c1-2-22(27)26-20-9-8-19(32(29,30)25-12-4-3-5-13-25)15-17(20)16-21(26)23(28)24-11-10-18-7-6-14-31-18/h6-9,14-15,21H,2-5,10-13,16H2,1H3,(H,24,28)/t21-/m1/s1. The number of carbonyl (C=O) groups is 2. The molecule has 2 aliphatic rings. The Kier molecular flexibility index (Phi) is 6.66. The summed E-state index contributed by atoms with van der Waals surface area (Å²) in [6, 6.07) is 7.79. The Morgan fingerprint density at radius 2 is 1.94 bits per heavy atom. The molecule has 3 heterocycles. The Bertz CT molecular complexity index is 1080. The summed E-state index contributed by atoms with van der Waals surface area (Å²) < 4.78 is 33.0. The molecule has 32 heavy (non-hydrogen) atoms. The van der Waals surface area contributed by atoms with Crippen LogP contribution in [0.15, 0.2) is 45.9 Å². The highest BCUT2D eigenvalue weighted by atomic mass is 32.2. The Labute approximate surface area is 188 Å². The van der Waals surface area contributed by atoms with Gasteiger partial charge in [0.1, 0.15) is 11.8 Å². The number of anilines is 1. The lowest BCUT2D eigenvalue weighted by Crippen LogP contribution is -2.48. The zero-order valence-electron chi connectivity index (χ0n) is 18.2. The number of furan rings is 1. The molecule has 1 N–H and O–H groups in total. The van der Waals surface area contributed by atoms with Gasteiger partial charge in [0.25, 0.3) is 0 Å². The quantitative estimate of drug-likeness (QED) is 0.686. The maximum atomic E-state index is 13.1. The number of hydrogen-bond acceptors (Lipinski definition) is 5. The number of carbonyl (C=O) groups excluding carboxylic acids is 2. The molecular formula is C23H29N3O5S. The maximum Gasteiger partial charge on any atom is 0.243 e. The Morgan fingerprint density at radius 1 is 1.16 bits per heavy atom. The van der Waals surface area contributed by atoms with Crippen molar-refractivity contribution in [3.05, 3.63) is 47.9 Å². The number of benzene rings is 1. The lowest BCUT2D eigenvalue weighted by atomic mass is 10.1. The zero-order valence-corrected chi connectivity index (χ0v) is 19.1. The summed E-state index contributed by atoms with van der Waals surface area (Å²) in [6.45, 7) is 3.20. The second-order valence-electron chi connectivity index (χ2n) is 8.21. The van der Waals surface area contributed by atoms with Crippen LogP contribution in [0.25, 0.3) is 0 Å². The van der Waals surface area contributed by atoms with E-state index in [0.717, 1.165) is 25.0 Å². The van der Waals surface area contributed by atoms with Crippen LogP contribution in [0.3, 0.4) is 0 Å². The van der Waals surface area contributed by atoms with E-state index in [1.807, 2.05) is 6.07 Å². The monoisotopic (exact) mass is 459 g/mol. The van der Waals surface area contributed by atoms with Gasteiger partial charge in [0.2, 0.25) is 21.8 Å². The van der Waals surface area contributed by atoms with Crippen molar-refractivity contribution in [1.29, 1.82) is 0 Å². The molecule has 9 heteroatoms. The van der Waals surface area contributed by atoms with E-state index in [4.69, 9.17) is 4.42 Å². The van der Waals surface area contributed by atoms with Crippen LogP contribution in [-0.4, -0.2) is 50.2 Å². The molecule has 1 aromatic carbocycles. The first-order valence-electron chi connectivity index (χ1n) is 11.2. The Hall–Kier alpha value is -2.65. The molecule has 0 radical (unpaired) electrons. The molecule has 0 bridgehead atoms. The molecule has 1 aromatic heterocycles. The van der Waals surface area contributed by atoms with E-state index in [9.17, 15) is 18.0 Å². The van der Waals surface area contributed by atoms with Crippen LogP contribution in [0.1, 0.15) is 43.9 Å². The molecule has 2 aromatic rings. The number of fused-ring (bicyclic) bond motifs is 1. The smallest absolute Gasteiger partial charge is 0.243 e. The van der Waals surface area contributed by atoms with Gasteiger partial charge >= 0.3 is 0 Å². The second-order valence-corrected chi connectivity index (χ2v) is 10.2. The van der Waals surface area contributed by atoms with Crippen molar-refractivity contribution in [2.24, 2.45) is 0 Å². The molecule has 1 saturated heterocycles. The third kappa shape index (κ3) is 4.45. The number of piperidine rings is 1. The second kappa shape index (κ2) is 9.46. The summed E-state index contributed by atoms with van der Waals surface area (Å²) in [4.78, 5) is 27.4. The lowest BCUT2D eigenvalue weighted by molar-refractivity contribution is -0.126. The van der Waals surface area contributed by atoms with E-state index in [1.54, 1.807) is 37.5 Å². The number of rotatable bonds is 7. The topological polar surface area (TPSA) is 99.9 Å². The maximum absolute atomic E-state index is 13.1. The molecule has 1 atom stereocenters. The van der Waals surface area contributed by atoms with Crippen molar-refractivity contribution in [2.45, 2.75) is 56.4 Å². The van der Waals surface area contributed by atoms with Crippen LogP contribution in [0.2, 0.25) is 0 Å².